The predicted octanol–water partition coefficient (Wildman–Crippen LogP) is 3.91. The third-order valence-electron chi connectivity index (χ3n) is 3.98. The number of benzene rings is 1. The van der Waals surface area contributed by atoms with E-state index in [2.05, 4.69) is 20.8 Å². The molecule has 2 rings (SSSR count). The van der Waals surface area contributed by atoms with Gasteiger partial charge in [0.15, 0.2) is 0 Å². The number of anilines is 1. The Morgan fingerprint density at radius 3 is 2.74 bits per heavy atom. The Morgan fingerprint density at radius 2 is 2.16 bits per heavy atom. The Balaban J connectivity index is 2.58. The fourth-order valence-corrected chi connectivity index (χ4v) is 3.45. The van der Waals surface area contributed by atoms with Gasteiger partial charge in [-0.1, -0.05) is 18.5 Å². The summed E-state index contributed by atoms with van der Waals surface area (Å²) in [5.74, 6) is -0.426. The largest absolute Gasteiger partial charge is 0.480 e. The lowest BCUT2D eigenvalue weighted by molar-refractivity contribution is -0.138. The SMILES string of the molecule is C[C@H]1CC(C)(C)N([C@@H](C)C(=O)O)c2ccc(Cl)cc21. The molecule has 1 N–H and O–H groups in total. The molecule has 1 aliphatic rings. The van der Waals surface area contributed by atoms with Gasteiger partial charge in [0.05, 0.1) is 0 Å². The van der Waals surface area contributed by atoms with Crippen molar-refractivity contribution in [3.05, 3.63) is 28.8 Å². The van der Waals surface area contributed by atoms with Crippen molar-refractivity contribution in [3.63, 3.8) is 0 Å². The van der Waals surface area contributed by atoms with E-state index in [1.807, 2.05) is 23.1 Å². The Morgan fingerprint density at radius 1 is 1.53 bits per heavy atom. The molecular weight excluding hydrogens is 262 g/mol. The molecule has 19 heavy (non-hydrogen) atoms. The number of fused-ring (bicyclic) bond motifs is 1. The molecule has 4 heteroatoms. The molecule has 104 valence electrons. The molecule has 2 atom stereocenters. The van der Waals surface area contributed by atoms with Crippen LogP contribution in [0.1, 0.15) is 45.6 Å². The molecule has 0 saturated carbocycles. The number of hydrogen-bond donors (Lipinski definition) is 1. The maximum absolute atomic E-state index is 11.4. The highest BCUT2D eigenvalue weighted by Gasteiger charge is 2.40. The van der Waals surface area contributed by atoms with Gasteiger partial charge in [-0.05, 0) is 56.9 Å². The third-order valence-corrected chi connectivity index (χ3v) is 4.22. The first-order valence-corrected chi connectivity index (χ1v) is 6.93. The topological polar surface area (TPSA) is 40.5 Å². The Hall–Kier alpha value is -1.22. The summed E-state index contributed by atoms with van der Waals surface area (Å²) in [6.07, 6.45) is 0.915. The third kappa shape index (κ3) is 2.44. The summed E-state index contributed by atoms with van der Waals surface area (Å²) in [5, 5.41) is 10.0. The standard InChI is InChI=1S/C15H20ClNO2/c1-9-8-15(3,4)17(10(2)14(18)19)13-6-5-11(16)7-12(9)13/h5-7,9-10H,8H2,1-4H3,(H,18,19)/t9-,10-/m0/s1. The van der Waals surface area contributed by atoms with Gasteiger partial charge in [-0.3, -0.25) is 0 Å². The number of halogens is 1. The van der Waals surface area contributed by atoms with Gasteiger partial charge >= 0.3 is 5.97 Å². The lowest BCUT2D eigenvalue weighted by Gasteiger charge is -2.49. The zero-order chi connectivity index (χ0) is 14.4. The molecule has 0 amide bonds. The van der Waals surface area contributed by atoms with Crippen LogP contribution in [-0.4, -0.2) is 22.7 Å². The second-order valence-corrected chi connectivity index (χ2v) is 6.44. The van der Waals surface area contributed by atoms with Crippen molar-refractivity contribution in [1.29, 1.82) is 0 Å². The van der Waals surface area contributed by atoms with Gasteiger partial charge in [-0.2, -0.15) is 0 Å². The predicted molar refractivity (Wildman–Crippen MR) is 78.1 cm³/mol. The fourth-order valence-electron chi connectivity index (χ4n) is 3.27. The smallest absolute Gasteiger partial charge is 0.326 e. The van der Waals surface area contributed by atoms with Crippen LogP contribution in [0.25, 0.3) is 0 Å². The Labute approximate surface area is 119 Å². The van der Waals surface area contributed by atoms with Crippen molar-refractivity contribution in [2.45, 2.75) is 51.6 Å². The molecule has 1 aliphatic heterocycles. The van der Waals surface area contributed by atoms with Gasteiger partial charge in [-0.25, -0.2) is 4.79 Å². The molecule has 3 nitrogen and oxygen atoms in total. The van der Waals surface area contributed by atoms with Gasteiger partial charge in [0.25, 0.3) is 0 Å². The van der Waals surface area contributed by atoms with Crippen LogP contribution in [0.4, 0.5) is 5.69 Å². The van der Waals surface area contributed by atoms with E-state index in [1.54, 1.807) is 6.92 Å². The van der Waals surface area contributed by atoms with Gasteiger partial charge in [0.2, 0.25) is 0 Å². The average Bonchev–Trinajstić information content (AvgIpc) is 2.28. The lowest BCUT2D eigenvalue weighted by Crippen LogP contribution is -2.55. The van der Waals surface area contributed by atoms with E-state index >= 15 is 0 Å². The van der Waals surface area contributed by atoms with Crippen molar-refractivity contribution in [2.24, 2.45) is 0 Å². The van der Waals surface area contributed by atoms with Crippen LogP contribution < -0.4 is 4.90 Å². The van der Waals surface area contributed by atoms with Gasteiger partial charge in [0, 0.05) is 16.2 Å². The normalized spacial score (nSPS) is 22.8. The average molecular weight is 282 g/mol. The quantitative estimate of drug-likeness (QED) is 0.894. The molecule has 0 saturated heterocycles. The zero-order valence-corrected chi connectivity index (χ0v) is 12.5. The van der Waals surface area contributed by atoms with Gasteiger partial charge < -0.3 is 10.0 Å². The molecule has 0 aliphatic carbocycles. The summed E-state index contributed by atoms with van der Waals surface area (Å²) in [7, 11) is 0. The number of hydrogen-bond acceptors (Lipinski definition) is 2. The molecule has 0 fully saturated rings. The highest BCUT2D eigenvalue weighted by atomic mass is 35.5. The second-order valence-electron chi connectivity index (χ2n) is 6.00. The first-order valence-electron chi connectivity index (χ1n) is 6.55. The van der Waals surface area contributed by atoms with Gasteiger partial charge in [0.1, 0.15) is 6.04 Å². The zero-order valence-electron chi connectivity index (χ0n) is 11.8. The molecule has 0 unspecified atom stereocenters. The van der Waals surface area contributed by atoms with E-state index in [0.717, 1.165) is 17.7 Å². The minimum atomic E-state index is -0.802. The molecular formula is C15H20ClNO2. The van der Waals surface area contributed by atoms with Crippen LogP contribution in [0.5, 0.6) is 0 Å². The number of carboxylic acids is 1. The molecule has 0 spiro atoms. The number of carboxylic acid groups (broad SMARTS) is 1. The summed E-state index contributed by atoms with van der Waals surface area (Å²) in [5.41, 5.74) is 1.95. The van der Waals surface area contributed by atoms with E-state index in [4.69, 9.17) is 11.6 Å². The van der Waals surface area contributed by atoms with Crippen LogP contribution in [0.3, 0.4) is 0 Å². The summed E-state index contributed by atoms with van der Waals surface area (Å²) in [4.78, 5) is 13.4. The van der Waals surface area contributed by atoms with E-state index < -0.39 is 12.0 Å². The van der Waals surface area contributed by atoms with Crippen molar-refractivity contribution < 1.29 is 9.90 Å². The van der Waals surface area contributed by atoms with Gasteiger partial charge in [-0.15, -0.1) is 0 Å². The number of nitrogens with zero attached hydrogens (tertiary/aromatic N) is 1. The van der Waals surface area contributed by atoms with Crippen LogP contribution in [0, 0.1) is 0 Å². The Bertz CT molecular complexity index is 513. The van der Waals surface area contributed by atoms with Crippen LogP contribution >= 0.6 is 11.6 Å². The fraction of sp³-hybridized carbons (Fsp3) is 0.533. The lowest BCUT2D eigenvalue weighted by atomic mass is 9.79. The maximum atomic E-state index is 11.4. The van der Waals surface area contributed by atoms with Crippen molar-refractivity contribution in [3.8, 4) is 0 Å². The number of aliphatic carboxylic acids is 1. The molecule has 1 heterocycles. The van der Waals surface area contributed by atoms with Crippen molar-refractivity contribution in [2.75, 3.05) is 4.90 Å². The van der Waals surface area contributed by atoms with E-state index in [-0.39, 0.29) is 5.54 Å². The molecule has 0 radical (unpaired) electrons. The summed E-state index contributed by atoms with van der Waals surface area (Å²) >= 11 is 6.07. The van der Waals surface area contributed by atoms with E-state index in [1.165, 1.54) is 0 Å². The number of carbonyl (C=O) groups is 1. The minimum absolute atomic E-state index is 0.182. The molecule has 1 aromatic carbocycles. The maximum Gasteiger partial charge on any atom is 0.326 e. The Kier molecular flexibility index (Phi) is 3.52. The van der Waals surface area contributed by atoms with Crippen LogP contribution in [-0.2, 0) is 4.79 Å². The molecule has 0 aromatic heterocycles. The summed E-state index contributed by atoms with van der Waals surface area (Å²) < 4.78 is 0. The van der Waals surface area contributed by atoms with Crippen LogP contribution in [0.15, 0.2) is 18.2 Å². The first-order chi connectivity index (χ1) is 8.74. The minimum Gasteiger partial charge on any atom is -0.480 e. The first kappa shape index (κ1) is 14.2. The molecule has 0 bridgehead atoms. The van der Waals surface area contributed by atoms with Crippen LogP contribution in [0.2, 0.25) is 5.02 Å². The summed E-state index contributed by atoms with van der Waals surface area (Å²) in [6, 6.07) is 5.17. The number of rotatable bonds is 2. The summed E-state index contributed by atoms with van der Waals surface area (Å²) in [6.45, 7) is 8.10. The monoisotopic (exact) mass is 281 g/mol. The van der Waals surface area contributed by atoms with E-state index in [0.29, 0.717) is 10.9 Å². The highest BCUT2D eigenvalue weighted by molar-refractivity contribution is 6.30. The van der Waals surface area contributed by atoms with Crippen molar-refractivity contribution in [1.82, 2.24) is 0 Å². The molecule has 1 aromatic rings. The van der Waals surface area contributed by atoms with E-state index in [9.17, 15) is 9.90 Å². The second kappa shape index (κ2) is 4.71. The highest BCUT2D eigenvalue weighted by Crippen LogP contribution is 2.45. The van der Waals surface area contributed by atoms with Crippen molar-refractivity contribution >= 4 is 23.3 Å².